The number of amides is 1. The largest absolute Gasteiger partial charge is 0.455 e. The number of aliphatic imine (C=N–C) groups is 1. The van der Waals surface area contributed by atoms with Crippen molar-refractivity contribution in [1.29, 1.82) is 0 Å². The summed E-state index contributed by atoms with van der Waals surface area (Å²) in [5.41, 5.74) is -1.83. The number of carbonyl (C=O) groups excluding carboxylic acids is 2. The lowest BCUT2D eigenvalue weighted by molar-refractivity contribution is -0.149. The SMILES string of the molecule is C=C(N=C(SC)C(=O)NCC(C)(C)O)C(=O)OC(C)(C)C. The first-order chi connectivity index (χ1) is 9.35. The van der Waals surface area contributed by atoms with Crippen LogP contribution < -0.4 is 5.32 Å². The Morgan fingerprint density at radius 1 is 1.29 bits per heavy atom. The van der Waals surface area contributed by atoms with Crippen LogP contribution in [0.5, 0.6) is 0 Å². The first-order valence-electron chi connectivity index (χ1n) is 6.41. The van der Waals surface area contributed by atoms with E-state index in [2.05, 4.69) is 16.9 Å². The summed E-state index contributed by atoms with van der Waals surface area (Å²) in [5, 5.41) is 12.2. The maximum Gasteiger partial charge on any atom is 0.356 e. The first-order valence-corrected chi connectivity index (χ1v) is 7.64. The molecule has 0 atom stereocenters. The van der Waals surface area contributed by atoms with E-state index >= 15 is 0 Å². The molecule has 0 aromatic heterocycles. The van der Waals surface area contributed by atoms with Crippen LogP contribution in [0.25, 0.3) is 0 Å². The molecule has 0 aliphatic rings. The quantitative estimate of drug-likeness (QED) is 0.355. The number of nitrogens with zero attached hydrogens (tertiary/aromatic N) is 1. The van der Waals surface area contributed by atoms with E-state index in [1.165, 1.54) is 0 Å². The lowest BCUT2D eigenvalue weighted by Crippen LogP contribution is -2.40. The maximum atomic E-state index is 11.9. The molecule has 1 amide bonds. The summed E-state index contributed by atoms with van der Waals surface area (Å²) in [6.07, 6.45) is 1.66. The molecule has 21 heavy (non-hydrogen) atoms. The van der Waals surface area contributed by atoms with Crippen molar-refractivity contribution in [2.45, 2.75) is 45.8 Å². The minimum atomic E-state index is -1.03. The third-order valence-electron chi connectivity index (χ3n) is 1.94. The summed E-state index contributed by atoms with van der Waals surface area (Å²) in [5.74, 6) is -1.15. The number of hydrogen-bond acceptors (Lipinski definition) is 6. The van der Waals surface area contributed by atoms with Gasteiger partial charge in [0.15, 0.2) is 5.04 Å². The van der Waals surface area contributed by atoms with Crippen LogP contribution in [0, 0.1) is 0 Å². The molecule has 0 aromatic carbocycles. The highest BCUT2D eigenvalue weighted by atomic mass is 32.2. The van der Waals surface area contributed by atoms with Crippen LogP contribution in [0.1, 0.15) is 34.6 Å². The van der Waals surface area contributed by atoms with Gasteiger partial charge in [-0.15, -0.1) is 11.8 Å². The number of nitrogens with one attached hydrogen (secondary N) is 1. The molecule has 0 saturated carbocycles. The number of esters is 1. The topological polar surface area (TPSA) is 88.0 Å². The zero-order chi connectivity index (χ0) is 16.8. The van der Waals surface area contributed by atoms with E-state index in [1.54, 1.807) is 40.9 Å². The van der Waals surface area contributed by atoms with Crippen molar-refractivity contribution in [3.8, 4) is 0 Å². The van der Waals surface area contributed by atoms with Gasteiger partial charge < -0.3 is 15.2 Å². The van der Waals surface area contributed by atoms with Gasteiger partial charge in [0.05, 0.1) is 5.60 Å². The number of ether oxygens (including phenoxy) is 1. The molecular formula is C14H24N2O4S. The third-order valence-corrected chi connectivity index (χ3v) is 2.60. The molecule has 120 valence electrons. The Hall–Kier alpha value is -1.34. The lowest BCUT2D eigenvalue weighted by Gasteiger charge is -2.19. The highest BCUT2D eigenvalue weighted by molar-refractivity contribution is 8.15. The van der Waals surface area contributed by atoms with Crippen LogP contribution in [-0.4, -0.2) is 46.0 Å². The van der Waals surface area contributed by atoms with Crippen LogP contribution in [0.4, 0.5) is 0 Å². The predicted octanol–water partition coefficient (Wildman–Crippen LogP) is 1.49. The second-order valence-electron chi connectivity index (χ2n) is 6.06. The van der Waals surface area contributed by atoms with Crippen LogP contribution in [0.15, 0.2) is 17.3 Å². The zero-order valence-electron chi connectivity index (χ0n) is 13.4. The van der Waals surface area contributed by atoms with Gasteiger partial charge in [-0.1, -0.05) is 6.58 Å². The second-order valence-corrected chi connectivity index (χ2v) is 6.86. The summed E-state index contributed by atoms with van der Waals surface area (Å²) < 4.78 is 5.11. The molecule has 0 rings (SSSR count). The smallest absolute Gasteiger partial charge is 0.356 e. The summed E-state index contributed by atoms with van der Waals surface area (Å²) >= 11 is 1.08. The number of thioether (sulfide) groups is 1. The van der Waals surface area contributed by atoms with E-state index in [9.17, 15) is 14.7 Å². The van der Waals surface area contributed by atoms with Crippen molar-refractivity contribution in [2.24, 2.45) is 4.99 Å². The molecule has 0 heterocycles. The van der Waals surface area contributed by atoms with Crippen LogP contribution >= 0.6 is 11.8 Å². The highest BCUT2D eigenvalue weighted by Crippen LogP contribution is 2.12. The van der Waals surface area contributed by atoms with Crippen molar-refractivity contribution >= 4 is 28.7 Å². The van der Waals surface area contributed by atoms with Gasteiger partial charge in [-0.25, -0.2) is 9.79 Å². The van der Waals surface area contributed by atoms with Crippen molar-refractivity contribution in [3.63, 3.8) is 0 Å². The van der Waals surface area contributed by atoms with Gasteiger partial charge in [-0.2, -0.15) is 0 Å². The zero-order valence-corrected chi connectivity index (χ0v) is 14.3. The van der Waals surface area contributed by atoms with Gasteiger partial charge in [0, 0.05) is 6.54 Å². The average Bonchev–Trinajstić information content (AvgIpc) is 2.29. The lowest BCUT2D eigenvalue weighted by atomic mass is 10.1. The van der Waals surface area contributed by atoms with E-state index in [-0.39, 0.29) is 17.3 Å². The number of aliphatic hydroxyl groups is 1. The normalized spacial score (nSPS) is 12.8. The summed E-state index contributed by atoms with van der Waals surface area (Å²) in [7, 11) is 0. The molecular weight excluding hydrogens is 292 g/mol. The highest BCUT2D eigenvalue weighted by Gasteiger charge is 2.21. The summed E-state index contributed by atoms with van der Waals surface area (Å²) in [4.78, 5) is 27.5. The Bertz CT molecular complexity index is 445. The molecule has 0 radical (unpaired) electrons. The van der Waals surface area contributed by atoms with Gasteiger partial charge in [0.2, 0.25) is 0 Å². The minimum absolute atomic E-state index is 0.0737. The van der Waals surface area contributed by atoms with Gasteiger partial charge in [-0.3, -0.25) is 4.79 Å². The minimum Gasteiger partial charge on any atom is -0.455 e. The van der Waals surface area contributed by atoms with Crippen molar-refractivity contribution in [3.05, 3.63) is 12.3 Å². The van der Waals surface area contributed by atoms with Crippen LogP contribution in [-0.2, 0) is 14.3 Å². The Kier molecular flexibility index (Phi) is 7.12. The fraction of sp³-hybridized carbons (Fsp3) is 0.643. The molecule has 0 unspecified atom stereocenters. The Morgan fingerprint density at radius 3 is 2.19 bits per heavy atom. The molecule has 2 N–H and O–H groups in total. The molecule has 0 spiro atoms. The van der Waals surface area contributed by atoms with E-state index in [0.29, 0.717) is 0 Å². The van der Waals surface area contributed by atoms with Crippen molar-refractivity contribution < 1.29 is 19.4 Å². The predicted molar refractivity (Wildman–Crippen MR) is 85.2 cm³/mol. The van der Waals surface area contributed by atoms with E-state index in [1.807, 2.05) is 0 Å². The molecule has 0 aliphatic heterocycles. The summed E-state index contributed by atoms with van der Waals surface area (Å²) in [6, 6.07) is 0. The number of carbonyl (C=O) groups is 2. The molecule has 0 fully saturated rings. The van der Waals surface area contributed by atoms with Gasteiger partial charge in [0.25, 0.3) is 5.91 Å². The van der Waals surface area contributed by atoms with Crippen LogP contribution in [0.3, 0.4) is 0 Å². The van der Waals surface area contributed by atoms with E-state index in [4.69, 9.17) is 4.74 Å². The molecule has 0 bridgehead atoms. The first kappa shape index (κ1) is 19.7. The molecule has 0 aliphatic carbocycles. The molecule has 7 heteroatoms. The van der Waals surface area contributed by atoms with E-state index < -0.39 is 23.1 Å². The maximum absolute atomic E-state index is 11.9. The average molecular weight is 316 g/mol. The Balaban J connectivity index is 4.82. The monoisotopic (exact) mass is 316 g/mol. The van der Waals surface area contributed by atoms with E-state index in [0.717, 1.165) is 11.8 Å². The van der Waals surface area contributed by atoms with Crippen LogP contribution in [0.2, 0.25) is 0 Å². The van der Waals surface area contributed by atoms with Gasteiger partial charge in [0.1, 0.15) is 11.3 Å². The fourth-order valence-electron chi connectivity index (χ4n) is 1.07. The fourth-order valence-corrected chi connectivity index (χ4v) is 1.53. The van der Waals surface area contributed by atoms with Gasteiger partial charge >= 0.3 is 5.97 Å². The second kappa shape index (κ2) is 7.61. The molecule has 6 nitrogen and oxygen atoms in total. The Labute approximate surface area is 130 Å². The van der Waals surface area contributed by atoms with Crippen molar-refractivity contribution in [2.75, 3.05) is 12.8 Å². The Morgan fingerprint density at radius 2 is 1.81 bits per heavy atom. The standard InChI is InChI=1S/C14H24N2O4S/c1-9(12(18)20-13(2,3)4)16-11(21-7)10(17)15-8-14(5,6)19/h19H,1,8H2,2-7H3,(H,15,17). The molecule has 0 aromatic rings. The van der Waals surface area contributed by atoms with Gasteiger partial charge in [-0.05, 0) is 40.9 Å². The molecule has 0 saturated heterocycles. The van der Waals surface area contributed by atoms with Crippen molar-refractivity contribution in [1.82, 2.24) is 5.32 Å². The third kappa shape index (κ3) is 9.25. The number of hydrogen-bond donors (Lipinski definition) is 2. The summed E-state index contributed by atoms with van der Waals surface area (Å²) in [6.45, 7) is 11.9. The number of rotatable bonds is 4.